The van der Waals surface area contributed by atoms with Crippen LogP contribution in [-0.4, -0.2) is 25.7 Å². The second-order valence-corrected chi connectivity index (χ2v) is 6.38. The third kappa shape index (κ3) is 2.95. The third-order valence-corrected chi connectivity index (χ3v) is 4.66. The van der Waals surface area contributed by atoms with Gasteiger partial charge in [-0.05, 0) is 31.0 Å². The molecule has 0 fully saturated rings. The Morgan fingerprint density at radius 2 is 2.04 bits per heavy atom. The number of halogens is 3. The number of hydrogen-bond donors (Lipinski definition) is 0. The molecule has 0 spiro atoms. The first-order chi connectivity index (χ1) is 12.4. The van der Waals surface area contributed by atoms with E-state index in [1.165, 1.54) is 10.8 Å². The Balaban J connectivity index is 1.85. The van der Waals surface area contributed by atoms with E-state index in [4.69, 9.17) is 0 Å². The number of rotatable bonds is 1. The molecule has 5 nitrogen and oxygen atoms in total. The van der Waals surface area contributed by atoms with E-state index >= 15 is 0 Å². The normalized spacial score (nSPS) is 17.7. The van der Waals surface area contributed by atoms with Crippen LogP contribution in [0.15, 0.2) is 41.5 Å². The van der Waals surface area contributed by atoms with Gasteiger partial charge in [-0.15, -0.1) is 0 Å². The molecule has 0 aliphatic carbocycles. The molecule has 3 aromatic rings. The van der Waals surface area contributed by atoms with Gasteiger partial charge in [0, 0.05) is 30.9 Å². The van der Waals surface area contributed by atoms with E-state index in [9.17, 15) is 18.0 Å². The maximum Gasteiger partial charge on any atom is 0.392 e. The molecule has 1 aliphatic heterocycles. The molecule has 0 saturated carbocycles. The smallest absolute Gasteiger partial charge is 0.295 e. The van der Waals surface area contributed by atoms with Crippen molar-refractivity contribution in [1.29, 1.82) is 0 Å². The molecule has 0 N–H and O–H groups in total. The van der Waals surface area contributed by atoms with Crippen molar-refractivity contribution in [2.24, 2.45) is 5.92 Å². The second-order valence-electron chi connectivity index (χ2n) is 6.38. The van der Waals surface area contributed by atoms with Crippen molar-refractivity contribution in [3.8, 4) is 11.3 Å². The SMILES string of the molecule is O=c1c2ncc(-c3ccccn3)cc2nc2n1CCCC(C(F)(F)F)C2. The quantitative estimate of drug-likeness (QED) is 0.668. The number of hydrogen-bond acceptors (Lipinski definition) is 4. The van der Waals surface area contributed by atoms with Crippen LogP contribution in [0.4, 0.5) is 13.2 Å². The van der Waals surface area contributed by atoms with E-state index in [1.54, 1.807) is 24.4 Å². The maximum atomic E-state index is 13.2. The zero-order valence-corrected chi connectivity index (χ0v) is 13.7. The molecule has 1 aliphatic rings. The summed E-state index contributed by atoms with van der Waals surface area (Å²) in [4.78, 5) is 25.5. The summed E-state index contributed by atoms with van der Waals surface area (Å²) < 4.78 is 40.9. The minimum Gasteiger partial charge on any atom is -0.295 e. The first kappa shape index (κ1) is 16.7. The van der Waals surface area contributed by atoms with Crippen LogP contribution in [0.25, 0.3) is 22.3 Å². The molecular formula is C18H15F3N4O. The van der Waals surface area contributed by atoms with E-state index < -0.39 is 12.1 Å². The second kappa shape index (κ2) is 6.19. The molecule has 0 bridgehead atoms. The summed E-state index contributed by atoms with van der Waals surface area (Å²) in [5.74, 6) is -1.31. The summed E-state index contributed by atoms with van der Waals surface area (Å²) in [6.45, 7) is 0.230. The van der Waals surface area contributed by atoms with Crippen LogP contribution in [0.3, 0.4) is 0 Å². The Labute approximate surface area is 146 Å². The zero-order valence-electron chi connectivity index (χ0n) is 13.7. The number of alkyl halides is 3. The molecule has 0 radical (unpaired) electrons. The van der Waals surface area contributed by atoms with Crippen LogP contribution in [0, 0.1) is 5.92 Å². The molecule has 1 unspecified atom stereocenters. The third-order valence-electron chi connectivity index (χ3n) is 4.66. The van der Waals surface area contributed by atoms with Crippen molar-refractivity contribution < 1.29 is 13.2 Å². The molecule has 1 atom stereocenters. The minimum atomic E-state index is -4.30. The predicted molar refractivity (Wildman–Crippen MR) is 89.5 cm³/mol. The van der Waals surface area contributed by atoms with Gasteiger partial charge in [0.05, 0.1) is 17.1 Å². The van der Waals surface area contributed by atoms with Crippen LogP contribution in [0.5, 0.6) is 0 Å². The molecule has 4 heterocycles. The van der Waals surface area contributed by atoms with Gasteiger partial charge in [-0.1, -0.05) is 6.07 Å². The first-order valence-electron chi connectivity index (χ1n) is 8.31. The topological polar surface area (TPSA) is 60.7 Å². The molecule has 26 heavy (non-hydrogen) atoms. The van der Waals surface area contributed by atoms with Gasteiger partial charge in [0.15, 0.2) is 5.52 Å². The largest absolute Gasteiger partial charge is 0.392 e. The van der Waals surface area contributed by atoms with Crippen molar-refractivity contribution in [1.82, 2.24) is 19.5 Å². The molecule has 8 heteroatoms. The van der Waals surface area contributed by atoms with Gasteiger partial charge >= 0.3 is 6.18 Å². The predicted octanol–water partition coefficient (Wildman–Crippen LogP) is 3.37. The van der Waals surface area contributed by atoms with Gasteiger partial charge in [-0.25, -0.2) is 9.97 Å². The van der Waals surface area contributed by atoms with Crippen LogP contribution in [-0.2, 0) is 13.0 Å². The molecule has 3 aromatic heterocycles. The Morgan fingerprint density at radius 1 is 1.19 bits per heavy atom. The number of nitrogens with zero attached hydrogens (tertiary/aromatic N) is 4. The standard InChI is InChI=1S/C18H15F3N4O/c19-18(20,21)12-4-3-7-25-15(9-12)24-14-8-11(10-23-16(14)17(25)26)13-5-1-2-6-22-13/h1-2,5-6,8,10,12H,3-4,7,9H2. The Kier molecular flexibility index (Phi) is 3.97. The zero-order chi connectivity index (χ0) is 18.3. The van der Waals surface area contributed by atoms with E-state index in [0.717, 1.165) is 0 Å². The molecular weight excluding hydrogens is 345 g/mol. The lowest BCUT2D eigenvalue weighted by Gasteiger charge is -2.17. The van der Waals surface area contributed by atoms with Crippen molar-refractivity contribution in [2.75, 3.05) is 0 Å². The average molecular weight is 360 g/mol. The van der Waals surface area contributed by atoms with Gasteiger partial charge < -0.3 is 0 Å². The van der Waals surface area contributed by atoms with Gasteiger partial charge in [0.25, 0.3) is 5.56 Å². The molecule has 0 saturated heterocycles. The highest BCUT2D eigenvalue weighted by molar-refractivity contribution is 5.78. The first-order valence-corrected chi connectivity index (χ1v) is 8.31. The summed E-state index contributed by atoms with van der Waals surface area (Å²) >= 11 is 0. The minimum absolute atomic E-state index is 0.00470. The van der Waals surface area contributed by atoms with Gasteiger partial charge in [-0.3, -0.25) is 14.3 Å². The number of aromatic nitrogens is 4. The molecule has 0 aromatic carbocycles. The summed E-state index contributed by atoms with van der Waals surface area (Å²) in [5.41, 5.74) is 1.40. The van der Waals surface area contributed by atoms with E-state index in [1.807, 2.05) is 6.07 Å². The lowest BCUT2D eigenvalue weighted by Crippen LogP contribution is -2.28. The van der Waals surface area contributed by atoms with Crippen LogP contribution in [0.2, 0.25) is 0 Å². The van der Waals surface area contributed by atoms with Crippen molar-refractivity contribution in [3.05, 3.63) is 52.8 Å². The van der Waals surface area contributed by atoms with Gasteiger partial charge in [0.2, 0.25) is 0 Å². The summed E-state index contributed by atoms with van der Waals surface area (Å²) in [5, 5.41) is 0. The average Bonchev–Trinajstić information content (AvgIpc) is 2.85. The fourth-order valence-corrected chi connectivity index (χ4v) is 3.31. The Bertz CT molecular complexity index is 1010. The van der Waals surface area contributed by atoms with E-state index in [-0.39, 0.29) is 42.7 Å². The number of fused-ring (bicyclic) bond motifs is 2. The Hall–Kier alpha value is -2.77. The maximum absolute atomic E-state index is 13.2. The van der Waals surface area contributed by atoms with Crippen LogP contribution < -0.4 is 5.56 Å². The van der Waals surface area contributed by atoms with E-state index in [2.05, 4.69) is 15.0 Å². The summed E-state index contributed by atoms with van der Waals surface area (Å²) in [7, 11) is 0. The molecule has 4 rings (SSSR count). The lowest BCUT2D eigenvalue weighted by molar-refractivity contribution is -0.176. The van der Waals surface area contributed by atoms with Crippen LogP contribution in [0.1, 0.15) is 18.7 Å². The summed E-state index contributed by atoms with van der Waals surface area (Å²) in [6, 6.07) is 7.04. The Morgan fingerprint density at radius 3 is 2.77 bits per heavy atom. The lowest BCUT2D eigenvalue weighted by atomic mass is 10.00. The highest BCUT2D eigenvalue weighted by atomic mass is 19.4. The number of pyridine rings is 2. The van der Waals surface area contributed by atoms with Gasteiger partial charge in [-0.2, -0.15) is 13.2 Å². The summed E-state index contributed by atoms with van der Waals surface area (Å²) in [6.07, 6.45) is -1.13. The monoisotopic (exact) mass is 360 g/mol. The fourth-order valence-electron chi connectivity index (χ4n) is 3.31. The van der Waals surface area contributed by atoms with Crippen LogP contribution >= 0.6 is 0 Å². The fraction of sp³-hybridized carbons (Fsp3) is 0.333. The van der Waals surface area contributed by atoms with E-state index in [0.29, 0.717) is 16.8 Å². The van der Waals surface area contributed by atoms with Gasteiger partial charge in [0.1, 0.15) is 5.82 Å². The highest BCUT2D eigenvalue weighted by Gasteiger charge is 2.41. The van der Waals surface area contributed by atoms with Crippen molar-refractivity contribution in [3.63, 3.8) is 0 Å². The van der Waals surface area contributed by atoms with Crippen molar-refractivity contribution in [2.45, 2.75) is 32.0 Å². The van der Waals surface area contributed by atoms with Crippen molar-refractivity contribution >= 4 is 11.0 Å². The molecule has 134 valence electrons. The highest BCUT2D eigenvalue weighted by Crippen LogP contribution is 2.34. The molecule has 0 amide bonds.